The lowest BCUT2D eigenvalue weighted by atomic mass is 10.4. The fourth-order valence-electron chi connectivity index (χ4n) is 1.67. The Morgan fingerprint density at radius 2 is 2.00 bits per heavy atom. The molecule has 6 heteroatoms. The highest BCUT2D eigenvalue weighted by molar-refractivity contribution is 7.89. The van der Waals surface area contributed by atoms with Gasteiger partial charge in [0.15, 0.2) is 0 Å². The molecule has 1 aromatic heterocycles. The Bertz CT molecular complexity index is 452. The number of hydrogen-bond donors (Lipinski definition) is 1. The van der Waals surface area contributed by atoms with E-state index in [1.165, 1.54) is 22.6 Å². The van der Waals surface area contributed by atoms with E-state index in [4.69, 9.17) is 5.73 Å². The van der Waals surface area contributed by atoms with Crippen LogP contribution in [0.4, 0.5) is 5.82 Å². The number of nitrogens with two attached hydrogens (primary N) is 1. The summed E-state index contributed by atoms with van der Waals surface area (Å²) < 4.78 is 25.5. The molecule has 0 saturated carbocycles. The van der Waals surface area contributed by atoms with Crippen LogP contribution in [0.5, 0.6) is 0 Å². The van der Waals surface area contributed by atoms with E-state index in [-0.39, 0.29) is 10.7 Å². The first kappa shape index (κ1) is 10.4. The molecule has 1 aliphatic rings. The molecule has 1 aromatic rings. The summed E-state index contributed by atoms with van der Waals surface area (Å²) in [6.07, 6.45) is 3.28. The number of hydrogen-bond acceptors (Lipinski definition) is 4. The summed E-state index contributed by atoms with van der Waals surface area (Å²) in [7, 11) is -3.35. The summed E-state index contributed by atoms with van der Waals surface area (Å²) in [6.45, 7) is 1.20. The molecule has 15 heavy (non-hydrogen) atoms. The van der Waals surface area contributed by atoms with Crippen molar-refractivity contribution in [2.75, 3.05) is 18.8 Å². The van der Waals surface area contributed by atoms with Gasteiger partial charge in [0.05, 0.1) is 4.90 Å². The molecule has 0 spiro atoms. The van der Waals surface area contributed by atoms with Gasteiger partial charge in [-0.3, -0.25) is 0 Å². The van der Waals surface area contributed by atoms with Gasteiger partial charge in [0, 0.05) is 25.4 Å². The molecule has 5 nitrogen and oxygen atoms in total. The fraction of sp³-hybridized carbons (Fsp3) is 0.444. The number of nitrogens with zero attached hydrogens (tertiary/aromatic N) is 2. The Labute approximate surface area is 89.0 Å². The molecule has 0 unspecified atom stereocenters. The standard InChI is InChI=1S/C9H13N3O2S/c10-9-7-8(3-4-11-9)15(13,14)12-5-1-2-6-12/h3-4,7H,1-2,5-6H2,(H2,10,11). The van der Waals surface area contributed by atoms with Crippen LogP contribution in [0, 0.1) is 0 Å². The average Bonchev–Trinajstić information content (AvgIpc) is 2.71. The van der Waals surface area contributed by atoms with Gasteiger partial charge < -0.3 is 5.73 Å². The van der Waals surface area contributed by atoms with Crippen molar-refractivity contribution >= 4 is 15.8 Å². The minimum absolute atomic E-state index is 0.232. The van der Waals surface area contributed by atoms with Crippen molar-refractivity contribution in [2.45, 2.75) is 17.7 Å². The van der Waals surface area contributed by atoms with Crippen LogP contribution in [0.15, 0.2) is 23.2 Å². The van der Waals surface area contributed by atoms with E-state index in [0.717, 1.165) is 12.8 Å². The van der Waals surface area contributed by atoms with Crippen molar-refractivity contribution in [3.05, 3.63) is 18.3 Å². The highest BCUT2D eigenvalue weighted by Crippen LogP contribution is 2.20. The summed E-state index contributed by atoms with van der Waals surface area (Å²) in [4.78, 5) is 4.01. The fourth-order valence-corrected chi connectivity index (χ4v) is 3.21. The zero-order valence-corrected chi connectivity index (χ0v) is 9.07. The molecule has 1 aliphatic heterocycles. The largest absolute Gasteiger partial charge is 0.384 e. The van der Waals surface area contributed by atoms with E-state index in [2.05, 4.69) is 4.98 Å². The summed E-state index contributed by atoms with van der Waals surface area (Å²) in [5, 5.41) is 0. The number of nitrogen functional groups attached to an aromatic ring is 1. The van der Waals surface area contributed by atoms with Crippen LogP contribution in [0.25, 0.3) is 0 Å². The van der Waals surface area contributed by atoms with Gasteiger partial charge in [-0.2, -0.15) is 4.31 Å². The van der Waals surface area contributed by atoms with Gasteiger partial charge in [-0.05, 0) is 18.9 Å². The van der Waals surface area contributed by atoms with Crippen LogP contribution in [-0.4, -0.2) is 30.8 Å². The van der Waals surface area contributed by atoms with Crippen molar-refractivity contribution in [2.24, 2.45) is 0 Å². The molecule has 1 saturated heterocycles. The van der Waals surface area contributed by atoms with Gasteiger partial charge in [-0.25, -0.2) is 13.4 Å². The molecule has 2 rings (SSSR count). The molecule has 0 aliphatic carbocycles. The van der Waals surface area contributed by atoms with Gasteiger partial charge >= 0.3 is 0 Å². The quantitative estimate of drug-likeness (QED) is 0.795. The van der Waals surface area contributed by atoms with Crippen molar-refractivity contribution in [3.63, 3.8) is 0 Å². The second-order valence-corrected chi connectivity index (χ2v) is 5.47. The lowest BCUT2D eigenvalue weighted by Gasteiger charge is -2.15. The third kappa shape index (κ3) is 1.95. The van der Waals surface area contributed by atoms with Crippen molar-refractivity contribution in [1.29, 1.82) is 0 Å². The first-order valence-electron chi connectivity index (χ1n) is 4.82. The molecule has 82 valence electrons. The molecule has 2 N–H and O–H groups in total. The van der Waals surface area contributed by atoms with Crippen LogP contribution in [0.1, 0.15) is 12.8 Å². The van der Waals surface area contributed by atoms with Crippen LogP contribution >= 0.6 is 0 Å². The lowest BCUT2D eigenvalue weighted by Crippen LogP contribution is -2.27. The molecule has 0 radical (unpaired) electrons. The SMILES string of the molecule is Nc1cc(S(=O)(=O)N2CCCC2)ccn1. The molecule has 2 heterocycles. The van der Waals surface area contributed by atoms with Crippen LogP contribution in [0.2, 0.25) is 0 Å². The Morgan fingerprint density at radius 1 is 1.33 bits per heavy atom. The molecule has 0 aromatic carbocycles. The Kier molecular flexibility index (Phi) is 2.62. The van der Waals surface area contributed by atoms with Crippen molar-refractivity contribution in [3.8, 4) is 0 Å². The number of pyridine rings is 1. The minimum Gasteiger partial charge on any atom is -0.384 e. The molecular weight excluding hydrogens is 214 g/mol. The minimum atomic E-state index is -3.35. The second kappa shape index (κ2) is 3.79. The van der Waals surface area contributed by atoms with Gasteiger partial charge in [0.2, 0.25) is 10.0 Å². The zero-order chi connectivity index (χ0) is 10.9. The van der Waals surface area contributed by atoms with Crippen molar-refractivity contribution < 1.29 is 8.42 Å². The molecule has 0 bridgehead atoms. The van der Waals surface area contributed by atoms with Crippen LogP contribution < -0.4 is 5.73 Å². The van der Waals surface area contributed by atoms with E-state index in [0.29, 0.717) is 13.1 Å². The Hall–Kier alpha value is -1.14. The maximum atomic E-state index is 12.0. The third-order valence-corrected chi connectivity index (χ3v) is 4.35. The number of anilines is 1. The second-order valence-electron chi connectivity index (χ2n) is 3.53. The van der Waals surface area contributed by atoms with Crippen molar-refractivity contribution in [1.82, 2.24) is 9.29 Å². The van der Waals surface area contributed by atoms with E-state index < -0.39 is 10.0 Å². The normalized spacial score (nSPS) is 18.1. The van der Waals surface area contributed by atoms with E-state index in [9.17, 15) is 8.42 Å². The molecule has 1 fully saturated rings. The zero-order valence-electron chi connectivity index (χ0n) is 8.26. The number of sulfonamides is 1. The summed E-state index contributed by atoms with van der Waals surface area (Å²) in [5.41, 5.74) is 5.46. The highest BCUT2D eigenvalue weighted by Gasteiger charge is 2.27. The third-order valence-electron chi connectivity index (χ3n) is 2.46. The van der Waals surface area contributed by atoms with E-state index >= 15 is 0 Å². The molecular formula is C9H13N3O2S. The van der Waals surface area contributed by atoms with Crippen LogP contribution in [0.3, 0.4) is 0 Å². The molecule has 0 amide bonds. The van der Waals surface area contributed by atoms with E-state index in [1.54, 1.807) is 0 Å². The maximum Gasteiger partial charge on any atom is 0.243 e. The smallest absolute Gasteiger partial charge is 0.243 e. The predicted molar refractivity (Wildman–Crippen MR) is 56.6 cm³/mol. The maximum absolute atomic E-state index is 12.0. The van der Waals surface area contributed by atoms with Gasteiger partial charge in [-0.1, -0.05) is 0 Å². The van der Waals surface area contributed by atoms with Crippen LogP contribution in [-0.2, 0) is 10.0 Å². The predicted octanol–water partition coefficient (Wildman–Crippen LogP) is 0.448. The summed E-state index contributed by atoms with van der Waals surface area (Å²) in [5.74, 6) is 0.232. The first-order chi connectivity index (χ1) is 7.10. The lowest BCUT2D eigenvalue weighted by molar-refractivity contribution is 0.477. The summed E-state index contributed by atoms with van der Waals surface area (Å²) >= 11 is 0. The van der Waals surface area contributed by atoms with Gasteiger partial charge in [0.25, 0.3) is 0 Å². The molecule has 0 atom stereocenters. The number of rotatable bonds is 2. The topological polar surface area (TPSA) is 76.3 Å². The number of aromatic nitrogens is 1. The highest BCUT2D eigenvalue weighted by atomic mass is 32.2. The average molecular weight is 227 g/mol. The first-order valence-corrected chi connectivity index (χ1v) is 6.26. The monoisotopic (exact) mass is 227 g/mol. The van der Waals surface area contributed by atoms with E-state index in [1.807, 2.05) is 0 Å². The Morgan fingerprint density at radius 3 is 2.60 bits per heavy atom. The van der Waals surface area contributed by atoms with Gasteiger partial charge in [0.1, 0.15) is 5.82 Å². The van der Waals surface area contributed by atoms with Gasteiger partial charge in [-0.15, -0.1) is 0 Å². The Balaban J connectivity index is 2.36. The summed E-state index contributed by atoms with van der Waals surface area (Å²) in [6, 6.07) is 2.87.